The Balaban J connectivity index is 1.59. The van der Waals surface area contributed by atoms with Crippen molar-refractivity contribution in [2.75, 3.05) is 13.1 Å². The van der Waals surface area contributed by atoms with Crippen LogP contribution in [0.3, 0.4) is 0 Å². The molecule has 2 N–H and O–H groups in total. The maximum Gasteiger partial charge on any atom is 0.317 e. The zero-order valence-corrected chi connectivity index (χ0v) is 13.6. The third-order valence-corrected chi connectivity index (χ3v) is 5.33. The number of urea groups is 1. The maximum absolute atomic E-state index is 12.4. The van der Waals surface area contributed by atoms with E-state index in [0.717, 1.165) is 25.7 Å². The van der Waals surface area contributed by atoms with Gasteiger partial charge in [-0.25, -0.2) is 4.79 Å². The van der Waals surface area contributed by atoms with Crippen LogP contribution < -0.4 is 5.32 Å². The minimum Gasteiger partial charge on any atom is -0.389 e. The van der Waals surface area contributed by atoms with Crippen LogP contribution in [-0.4, -0.2) is 39.7 Å². The van der Waals surface area contributed by atoms with Crippen LogP contribution in [0, 0.1) is 16.0 Å². The molecule has 130 valence electrons. The van der Waals surface area contributed by atoms with Gasteiger partial charge in [0.15, 0.2) is 0 Å². The monoisotopic (exact) mass is 333 g/mol. The molecule has 0 radical (unpaired) electrons. The largest absolute Gasteiger partial charge is 0.389 e. The molecule has 2 fully saturated rings. The number of rotatable bonds is 3. The SMILES string of the molecule is O=C(NCc1ccccc1[N+](=O)[O-])N1CC[C@@]2(O)CCCC[C@H]2C1. The molecule has 1 aromatic rings. The summed E-state index contributed by atoms with van der Waals surface area (Å²) in [6.45, 7) is 1.20. The number of benzene rings is 1. The van der Waals surface area contributed by atoms with E-state index in [9.17, 15) is 20.0 Å². The third kappa shape index (κ3) is 3.36. The Kier molecular flexibility index (Phi) is 4.71. The minimum atomic E-state index is -0.618. The van der Waals surface area contributed by atoms with Crippen molar-refractivity contribution in [3.63, 3.8) is 0 Å². The van der Waals surface area contributed by atoms with Gasteiger partial charge in [-0.3, -0.25) is 10.1 Å². The van der Waals surface area contributed by atoms with E-state index in [4.69, 9.17) is 0 Å². The van der Waals surface area contributed by atoms with Crippen molar-refractivity contribution < 1.29 is 14.8 Å². The number of aliphatic hydroxyl groups is 1. The molecule has 2 aliphatic rings. The van der Waals surface area contributed by atoms with Gasteiger partial charge in [0.25, 0.3) is 5.69 Å². The Morgan fingerprint density at radius 3 is 2.96 bits per heavy atom. The molecule has 1 aromatic carbocycles. The Labute approximate surface area is 140 Å². The molecule has 1 aliphatic heterocycles. The number of nitrogens with one attached hydrogen (secondary N) is 1. The van der Waals surface area contributed by atoms with Crippen molar-refractivity contribution in [1.29, 1.82) is 0 Å². The van der Waals surface area contributed by atoms with Crippen molar-refractivity contribution in [2.45, 2.75) is 44.2 Å². The molecule has 7 nitrogen and oxygen atoms in total. The molecule has 0 spiro atoms. The number of nitrogens with zero attached hydrogens (tertiary/aromatic N) is 2. The predicted octanol–water partition coefficient (Wildman–Crippen LogP) is 2.43. The van der Waals surface area contributed by atoms with Gasteiger partial charge in [0.05, 0.1) is 17.1 Å². The molecule has 1 saturated heterocycles. The Hall–Kier alpha value is -2.15. The number of nitro groups is 1. The number of fused-ring (bicyclic) bond motifs is 1. The van der Waals surface area contributed by atoms with Crippen LogP contribution in [0.15, 0.2) is 24.3 Å². The highest BCUT2D eigenvalue weighted by Crippen LogP contribution is 2.39. The van der Waals surface area contributed by atoms with E-state index in [2.05, 4.69) is 5.32 Å². The summed E-state index contributed by atoms with van der Waals surface area (Å²) in [6, 6.07) is 6.19. The quantitative estimate of drug-likeness (QED) is 0.656. The number of carbonyl (C=O) groups excluding carboxylic acids is 1. The van der Waals surface area contributed by atoms with Crippen molar-refractivity contribution >= 4 is 11.7 Å². The summed E-state index contributed by atoms with van der Waals surface area (Å²) in [7, 11) is 0. The van der Waals surface area contributed by atoms with Crippen LogP contribution in [0.4, 0.5) is 10.5 Å². The van der Waals surface area contributed by atoms with Gasteiger partial charge in [-0.2, -0.15) is 0 Å². The second kappa shape index (κ2) is 6.76. The van der Waals surface area contributed by atoms with Crippen molar-refractivity contribution in [3.8, 4) is 0 Å². The number of nitro benzene ring substituents is 1. The fourth-order valence-electron chi connectivity index (χ4n) is 3.88. The van der Waals surface area contributed by atoms with E-state index in [0.29, 0.717) is 25.1 Å². The highest BCUT2D eigenvalue weighted by atomic mass is 16.6. The number of hydrogen-bond donors (Lipinski definition) is 2. The van der Waals surface area contributed by atoms with Gasteiger partial charge in [-0.15, -0.1) is 0 Å². The zero-order chi connectivity index (χ0) is 17.2. The van der Waals surface area contributed by atoms with Crippen LogP contribution in [0.2, 0.25) is 0 Å². The first-order chi connectivity index (χ1) is 11.5. The van der Waals surface area contributed by atoms with Gasteiger partial charge in [0.1, 0.15) is 0 Å². The highest BCUT2D eigenvalue weighted by Gasteiger charge is 2.43. The normalized spacial score (nSPS) is 26.5. The summed E-state index contributed by atoms with van der Waals surface area (Å²) >= 11 is 0. The number of likely N-dealkylation sites (tertiary alicyclic amines) is 1. The first-order valence-corrected chi connectivity index (χ1v) is 8.47. The van der Waals surface area contributed by atoms with Gasteiger partial charge < -0.3 is 15.3 Å². The predicted molar refractivity (Wildman–Crippen MR) is 88.4 cm³/mol. The molecule has 1 heterocycles. The average Bonchev–Trinajstić information content (AvgIpc) is 2.59. The molecule has 24 heavy (non-hydrogen) atoms. The number of para-hydroxylation sites is 1. The first kappa shape index (κ1) is 16.7. The van der Waals surface area contributed by atoms with Crippen LogP contribution in [0.5, 0.6) is 0 Å². The number of carbonyl (C=O) groups is 1. The van der Waals surface area contributed by atoms with Gasteiger partial charge in [-0.1, -0.05) is 31.0 Å². The van der Waals surface area contributed by atoms with Crippen molar-refractivity contribution in [1.82, 2.24) is 10.2 Å². The highest BCUT2D eigenvalue weighted by molar-refractivity contribution is 5.74. The topological polar surface area (TPSA) is 95.7 Å². The first-order valence-electron chi connectivity index (χ1n) is 8.47. The molecular formula is C17H23N3O4. The van der Waals surface area contributed by atoms with Gasteiger partial charge in [0.2, 0.25) is 0 Å². The van der Waals surface area contributed by atoms with Gasteiger partial charge in [0, 0.05) is 30.6 Å². The Morgan fingerprint density at radius 2 is 2.17 bits per heavy atom. The second-order valence-electron chi connectivity index (χ2n) is 6.79. The smallest absolute Gasteiger partial charge is 0.317 e. The van der Waals surface area contributed by atoms with E-state index in [-0.39, 0.29) is 24.2 Å². The lowest BCUT2D eigenvalue weighted by Crippen LogP contribution is -2.56. The minimum absolute atomic E-state index is 0.0121. The number of hydrogen-bond acceptors (Lipinski definition) is 4. The number of amides is 2. The molecule has 2 atom stereocenters. The van der Waals surface area contributed by atoms with Crippen LogP contribution in [0.1, 0.15) is 37.7 Å². The molecule has 0 aromatic heterocycles. The number of piperidine rings is 1. The lowest BCUT2D eigenvalue weighted by molar-refractivity contribution is -0.385. The summed E-state index contributed by atoms with van der Waals surface area (Å²) < 4.78 is 0. The van der Waals surface area contributed by atoms with Gasteiger partial charge in [-0.05, 0) is 19.3 Å². The molecule has 7 heteroatoms. The summed E-state index contributed by atoms with van der Waals surface area (Å²) in [6.07, 6.45) is 4.53. The Bertz CT molecular complexity index is 636. The van der Waals surface area contributed by atoms with Crippen molar-refractivity contribution in [3.05, 3.63) is 39.9 Å². The van der Waals surface area contributed by atoms with E-state index in [1.807, 2.05) is 0 Å². The molecule has 0 unspecified atom stereocenters. The van der Waals surface area contributed by atoms with Crippen molar-refractivity contribution in [2.24, 2.45) is 5.92 Å². The summed E-state index contributed by atoms with van der Waals surface area (Å²) in [5, 5.41) is 24.5. The van der Waals surface area contributed by atoms with Crippen LogP contribution in [0.25, 0.3) is 0 Å². The fraction of sp³-hybridized carbons (Fsp3) is 0.588. The summed E-state index contributed by atoms with van der Waals surface area (Å²) in [4.78, 5) is 24.7. The third-order valence-electron chi connectivity index (χ3n) is 5.33. The average molecular weight is 333 g/mol. The second-order valence-corrected chi connectivity index (χ2v) is 6.79. The molecule has 1 saturated carbocycles. The standard InChI is InChI=1S/C17H23N3O4/c21-16(18-11-13-5-1-2-7-15(13)20(23)24)19-10-9-17(22)8-4-3-6-14(17)12-19/h1-2,5,7,14,22H,3-4,6,8-12H2,(H,18,21)/t14-,17-/m0/s1. The summed E-state index contributed by atoms with van der Waals surface area (Å²) in [5.74, 6) is 0.136. The lowest BCUT2D eigenvalue weighted by atomic mass is 9.71. The molecule has 1 aliphatic carbocycles. The van der Waals surface area contributed by atoms with E-state index in [1.54, 1.807) is 23.1 Å². The molecule has 2 amide bonds. The van der Waals surface area contributed by atoms with Gasteiger partial charge >= 0.3 is 6.03 Å². The Morgan fingerprint density at radius 1 is 1.38 bits per heavy atom. The lowest BCUT2D eigenvalue weighted by Gasteiger charge is -2.47. The summed E-state index contributed by atoms with van der Waals surface area (Å²) in [5.41, 5.74) is -0.118. The van der Waals surface area contributed by atoms with E-state index >= 15 is 0 Å². The van der Waals surface area contributed by atoms with Crippen LogP contribution >= 0.6 is 0 Å². The zero-order valence-electron chi connectivity index (χ0n) is 13.6. The fourth-order valence-corrected chi connectivity index (χ4v) is 3.88. The van der Waals surface area contributed by atoms with E-state index < -0.39 is 10.5 Å². The maximum atomic E-state index is 12.4. The molecule has 3 rings (SSSR count). The molecular weight excluding hydrogens is 310 g/mol. The van der Waals surface area contributed by atoms with E-state index in [1.165, 1.54) is 6.07 Å². The van der Waals surface area contributed by atoms with Crippen LogP contribution in [-0.2, 0) is 6.54 Å². The molecule has 0 bridgehead atoms.